The molecule has 4 rings (SSSR count). The average molecular weight is 376 g/mol. The van der Waals surface area contributed by atoms with Gasteiger partial charge in [0.2, 0.25) is 0 Å². The lowest BCUT2D eigenvalue weighted by Gasteiger charge is -2.29. The Bertz CT molecular complexity index is 809. The summed E-state index contributed by atoms with van der Waals surface area (Å²) in [6.07, 6.45) is -2.62. The second-order valence-corrected chi connectivity index (χ2v) is 7.99. The van der Waals surface area contributed by atoms with E-state index in [2.05, 4.69) is 6.58 Å². The van der Waals surface area contributed by atoms with Crippen LogP contribution in [0.2, 0.25) is 0 Å². The van der Waals surface area contributed by atoms with Crippen LogP contribution < -0.4 is 0 Å². The van der Waals surface area contributed by atoms with Gasteiger partial charge >= 0.3 is 11.9 Å². The molecule has 146 valence electrons. The topological polar surface area (TPSA) is 106 Å². The van der Waals surface area contributed by atoms with E-state index in [-0.39, 0.29) is 5.57 Å². The SMILES string of the molecule is C=C1C(=O)OC2C1C(O)C(OC(=O)C(C)=CC)C(C)=C1C(O)C3OC3(C)C12. The number of ether oxygens (including phenoxy) is 3. The Hall–Kier alpha value is -1.96. The normalized spacial score (nSPS) is 45.7. The van der Waals surface area contributed by atoms with Crippen LogP contribution >= 0.6 is 0 Å². The molecule has 0 radical (unpaired) electrons. The molecule has 2 aliphatic heterocycles. The van der Waals surface area contributed by atoms with E-state index in [1.165, 1.54) is 0 Å². The molecule has 7 heteroatoms. The van der Waals surface area contributed by atoms with Crippen LogP contribution in [-0.2, 0) is 23.8 Å². The molecule has 1 saturated carbocycles. The summed E-state index contributed by atoms with van der Waals surface area (Å²) >= 11 is 0. The van der Waals surface area contributed by atoms with Gasteiger partial charge in [-0.2, -0.15) is 0 Å². The van der Waals surface area contributed by atoms with Crippen LogP contribution in [0.25, 0.3) is 0 Å². The van der Waals surface area contributed by atoms with Crippen molar-refractivity contribution >= 4 is 11.9 Å². The highest BCUT2D eigenvalue weighted by Crippen LogP contribution is 2.62. The van der Waals surface area contributed by atoms with Crippen molar-refractivity contribution in [1.29, 1.82) is 0 Å². The molecule has 8 unspecified atom stereocenters. The van der Waals surface area contributed by atoms with E-state index in [9.17, 15) is 19.8 Å². The predicted molar refractivity (Wildman–Crippen MR) is 93.3 cm³/mol. The smallest absolute Gasteiger partial charge is 0.334 e. The monoisotopic (exact) mass is 376 g/mol. The molecule has 0 aromatic heterocycles. The van der Waals surface area contributed by atoms with Gasteiger partial charge in [-0.15, -0.1) is 0 Å². The van der Waals surface area contributed by atoms with E-state index in [1.807, 2.05) is 6.92 Å². The molecular formula is C20H24O7. The molecule has 27 heavy (non-hydrogen) atoms. The van der Waals surface area contributed by atoms with Crippen molar-refractivity contribution in [2.45, 2.75) is 63.8 Å². The van der Waals surface area contributed by atoms with Crippen molar-refractivity contribution in [2.24, 2.45) is 11.8 Å². The summed E-state index contributed by atoms with van der Waals surface area (Å²) in [5.41, 5.74) is 1.07. The van der Waals surface area contributed by atoms with Crippen molar-refractivity contribution in [3.63, 3.8) is 0 Å². The van der Waals surface area contributed by atoms with Crippen LogP contribution in [0.15, 0.2) is 34.9 Å². The fourth-order valence-electron chi connectivity index (χ4n) is 4.88. The van der Waals surface area contributed by atoms with E-state index < -0.39 is 59.9 Å². The molecule has 8 atom stereocenters. The maximum Gasteiger partial charge on any atom is 0.334 e. The lowest BCUT2D eigenvalue weighted by atomic mass is 9.80. The van der Waals surface area contributed by atoms with Crippen LogP contribution in [0, 0.1) is 11.8 Å². The third-order valence-corrected chi connectivity index (χ3v) is 6.59. The lowest BCUT2D eigenvalue weighted by Crippen LogP contribution is -2.43. The molecule has 0 aromatic carbocycles. The number of aliphatic hydroxyl groups is 2. The Morgan fingerprint density at radius 3 is 2.67 bits per heavy atom. The molecule has 0 amide bonds. The van der Waals surface area contributed by atoms with Gasteiger partial charge in [-0.25, -0.2) is 9.59 Å². The average Bonchev–Trinajstić information content (AvgIpc) is 3.18. The number of carbonyl (C=O) groups is 2. The third-order valence-electron chi connectivity index (χ3n) is 6.59. The second kappa shape index (κ2) is 5.77. The van der Waals surface area contributed by atoms with Gasteiger partial charge in [0, 0.05) is 11.1 Å². The maximum atomic E-state index is 12.4. The first kappa shape index (κ1) is 18.4. The fraction of sp³-hybridized carbons (Fsp3) is 0.600. The van der Waals surface area contributed by atoms with Gasteiger partial charge in [0.1, 0.15) is 36.1 Å². The number of epoxide rings is 1. The van der Waals surface area contributed by atoms with E-state index in [0.29, 0.717) is 16.7 Å². The van der Waals surface area contributed by atoms with Gasteiger partial charge in [-0.3, -0.25) is 0 Å². The Balaban J connectivity index is 1.82. The molecule has 2 heterocycles. The Kier molecular flexibility index (Phi) is 3.93. The first-order valence-electron chi connectivity index (χ1n) is 9.11. The van der Waals surface area contributed by atoms with Gasteiger partial charge < -0.3 is 24.4 Å². The molecular weight excluding hydrogens is 352 g/mol. The first-order valence-corrected chi connectivity index (χ1v) is 9.11. The van der Waals surface area contributed by atoms with E-state index >= 15 is 0 Å². The fourth-order valence-corrected chi connectivity index (χ4v) is 4.88. The highest BCUT2D eigenvalue weighted by Gasteiger charge is 2.74. The summed E-state index contributed by atoms with van der Waals surface area (Å²) in [6.45, 7) is 10.7. The standard InChI is InChI=1S/C20H24O7/c1-6-7(2)18(23)25-15-8(3)10-12(20(5)17(27-20)14(10)22)16-11(13(15)21)9(4)19(24)26-16/h6,11-17,21-22H,4H2,1-3,5H3. The molecule has 4 aliphatic rings. The number of hydrogen-bond acceptors (Lipinski definition) is 7. The highest BCUT2D eigenvalue weighted by atomic mass is 16.6. The van der Waals surface area contributed by atoms with E-state index in [0.717, 1.165) is 0 Å². The molecule has 0 aromatic rings. The molecule has 7 nitrogen and oxygen atoms in total. The minimum Gasteiger partial charge on any atom is -0.457 e. The number of fused-ring (bicyclic) bond motifs is 5. The van der Waals surface area contributed by atoms with Crippen molar-refractivity contribution in [3.8, 4) is 0 Å². The summed E-state index contributed by atoms with van der Waals surface area (Å²) in [7, 11) is 0. The van der Waals surface area contributed by atoms with Gasteiger partial charge in [0.05, 0.1) is 11.8 Å². The minimum atomic E-state index is -1.21. The van der Waals surface area contributed by atoms with Crippen LogP contribution in [0.1, 0.15) is 27.7 Å². The van der Waals surface area contributed by atoms with Crippen molar-refractivity contribution in [1.82, 2.24) is 0 Å². The zero-order valence-corrected chi connectivity index (χ0v) is 15.8. The van der Waals surface area contributed by atoms with Crippen LogP contribution in [-0.4, -0.2) is 58.3 Å². The van der Waals surface area contributed by atoms with Crippen LogP contribution in [0.5, 0.6) is 0 Å². The molecule has 2 N–H and O–H groups in total. The Labute approximate surface area is 157 Å². The predicted octanol–water partition coefficient (Wildman–Crippen LogP) is 0.801. The highest BCUT2D eigenvalue weighted by molar-refractivity contribution is 5.91. The Morgan fingerprint density at radius 1 is 1.37 bits per heavy atom. The first-order chi connectivity index (χ1) is 12.6. The molecule has 2 aliphatic carbocycles. The summed E-state index contributed by atoms with van der Waals surface area (Å²) in [5.74, 6) is -2.31. The number of allylic oxidation sites excluding steroid dienone is 1. The zero-order valence-electron chi connectivity index (χ0n) is 15.8. The summed E-state index contributed by atoms with van der Waals surface area (Å²) in [4.78, 5) is 24.6. The van der Waals surface area contributed by atoms with Gasteiger partial charge in [-0.05, 0) is 38.8 Å². The van der Waals surface area contributed by atoms with Crippen molar-refractivity contribution in [3.05, 3.63) is 34.9 Å². The summed E-state index contributed by atoms with van der Waals surface area (Å²) in [5, 5.41) is 21.8. The largest absolute Gasteiger partial charge is 0.457 e. The number of carbonyl (C=O) groups excluding carboxylic acids is 2. The summed E-state index contributed by atoms with van der Waals surface area (Å²) in [6, 6.07) is 0. The molecule has 0 bridgehead atoms. The minimum absolute atomic E-state index is 0.146. The number of esters is 2. The Morgan fingerprint density at radius 2 is 2.04 bits per heavy atom. The van der Waals surface area contributed by atoms with Crippen molar-refractivity contribution < 1.29 is 34.0 Å². The third kappa shape index (κ3) is 2.31. The lowest BCUT2D eigenvalue weighted by molar-refractivity contribution is -0.151. The number of aliphatic hydroxyl groups excluding tert-OH is 2. The molecule has 0 spiro atoms. The maximum absolute atomic E-state index is 12.4. The van der Waals surface area contributed by atoms with Gasteiger partial charge in [0.25, 0.3) is 0 Å². The second-order valence-electron chi connectivity index (χ2n) is 7.99. The summed E-state index contributed by atoms with van der Waals surface area (Å²) < 4.78 is 16.9. The molecule has 2 saturated heterocycles. The zero-order chi connectivity index (χ0) is 19.8. The van der Waals surface area contributed by atoms with E-state index in [4.69, 9.17) is 14.2 Å². The van der Waals surface area contributed by atoms with Gasteiger partial charge in [-0.1, -0.05) is 12.7 Å². The van der Waals surface area contributed by atoms with Gasteiger partial charge in [0.15, 0.2) is 0 Å². The number of hydrogen-bond donors (Lipinski definition) is 2. The number of rotatable bonds is 2. The van der Waals surface area contributed by atoms with E-state index in [1.54, 1.807) is 26.8 Å². The molecule has 3 fully saturated rings. The van der Waals surface area contributed by atoms with Crippen LogP contribution in [0.3, 0.4) is 0 Å². The van der Waals surface area contributed by atoms with Crippen molar-refractivity contribution in [2.75, 3.05) is 0 Å². The quantitative estimate of drug-likeness (QED) is 0.318. The van der Waals surface area contributed by atoms with Crippen LogP contribution in [0.4, 0.5) is 0 Å².